The van der Waals surface area contributed by atoms with Gasteiger partial charge in [0.25, 0.3) is 0 Å². The SMILES string of the molecule is O=C(/C=C/c1ccccc1)CC1CC(O)CCO1. The van der Waals surface area contributed by atoms with Crippen molar-refractivity contribution in [3.8, 4) is 0 Å². The van der Waals surface area contributed by atoms with Crippen LogP contribution in [0.25, 0.3) is 6.08 Å². The van der Waals surface area contributed by atoms with Gasteiger partial charge in [0.1, 0.15) is 0 Å². The van der Waals surface area contributed by atoms with Crippen LogP contribution in [-0.2, 0) is 9.53 Å². The van der Waals surface area contributed by atoms with Gasteiger partial charge >= 0.3 is 0 Å². The van der Waals surface area contributed by atoms with E-state index in [-0.39, 0.29) is 18.0 Å². The van der Waals surface area contributed by atoms with E-state index in [1.807, 2.05) is 36.4 Å². The zero-order chi connectivity index (χ0) is 12.8. The van der Waals surface area contributed by atoms with E-state index < -0.39 is 0 Å². The number of benzene rings is 1. The van der Waals surface area contributed by atoms with Crippen LogP contribution in [0.15, 0.2) is 36.4 Å². The van der Waals surface area contributed by atoms with Crippen LogP contribution in [0.1, 0.15) is 24.8 Å². The van der Waals surface area contributed by atoms with Gasteiger partial charge in [-0.3, -0.25) is 4.79 Å². The highest BCUT2D eigenvalue weighted by Gasteiger charge is 2.22. The Bertz CT molecular complexity index is 411. The molecule has 18 heavy (non-hydrogen) atoms. The molecule has 0 aliphatic carbocycles. The summed E-state index contributed by atoms with van der Waals surface area (Å²) in [6.07, 6.45) is 4.51. The molecule has 0 bridgehead atoms. The van der Waals surface area contributed by atoms with Gasteiger partial charge in [0.15, 0.2) is 5.78 Å². The lowest BCUT2D eigenvalue weighted by Crippen LogP contribution is -2.30. The van der Waals surface area contributed by atoms with Crippen molar-refractivity contribution >= 4 is 11.9 Å². The van der Waals surface area contributed by atoms with E-state index in [2.05, 4.69) is 0 Å². The second kappa shape index (κ2) is 6.47. The lowest BCUT2D eigenvalue weighted by atomic mass is 10.0. The summed E-state index contributed by atoms with van der Waals surface area (Å²) in [5, 5.41) is 9.49. The molecular weight excluding hydrogens is 228 g/mol. The average molecular weight is 246 g/mol. The molecule has 0 aromatic heterocycles. The number of ketones is 1. The molecule has 0 spiro atoms. The highest BCUT2D eigenvalue weighted by atomic mass is 16.5. The highest BCUT2D eigenvalue weighted by Crippen LogP contribution is 2.17. The van der Waals surface area contributed by atoms with E-state index in [0.29, 0.717) is 25.9 Å². The molecule has 1 fully saturated rings. The first-order valence-corrected chi connectivity index (χ1v) is 6.29. The number of aliphatic hydroxyl groups is 1. The Balaban J connectivity index is 1.83. The van der Waals surface area contributed by atoms with Crippen molar-refractivity contribution < 1.29 is 14.6 Å². The van der Waals surface area contributed by atoms with Crippen LogP contribution in [-0.4, -0.2) is 29.7 Å². The van der Waals surface area contributed by atoms with Crippen LogP contribution < -0.4 is 0 Å². The van der Waals surface area contributed by atoms with Gasteiger partial charge < -0.3 is 9.84 Å². The molecule has 1 aromatic carbocycles. The van der Waals surface area contributed by atoms with Crippen LogP contribution in [0.3, 0.4) is 0 Å². The molecule has 1 N–H and O–H groups in total. The lowest BCUT2D eigenvalue weighted by molar-refractivity contribution is -0.119. The Labute approximate surface area is 107 Å². The summed E-state index contributed by atoms with van der Waals surface area (Å²) in [6.45, 7) is 0.543. The fraction of sp³-hybridized carbons (Fsp3) is 0.400. The van der Waals surface area contributed by atoms with Crippen molar-refractivity contribution in [2.24, 2.45) is 0 Å². The summed E-state index contributed by atoms with van der Waals surface area (Å²) in [4.78, 5) is 11.7. The molecule has 2 rings (SSSR count). The van der Waals surface area contributed by atoms with Gasteiger partial charge in [0.05, 0.1) is 12.2 Å². The second-order valence-electron chi connectivity index (χ2n) is 4.59. The van der Waals surface area contributed by atoms with Gasteiger partial charge in [-0.05, 0) is 18.1 Å². The van der Waals surface area contributed by atoms with Crippen LogP contribution >= 0.6 is 0 Å². The Morgan fingerprint density at radius 2 is 2.17 bits per heavy atom. The molecule has 0 radical (unpaired) electrons. The molecule has 3 heteroatoms. The van der Waals surface area contributed by atoms with Gasteiger partial charge in [-0.1, -0.05) is 36.4 Å². The predicted molar refractivity (Wildman–Crippen MR) is 70.1 cm³/mol. The number of rotatable bonds is 4. The highest BCUT2D eigenvalue weighted by molar-refractivity contribution is 5.93. The van der Waals surface area contributed by atoms with E-state index in [9.17, 15) is 9.90 Å². The van der Waals surface area contributed by atoms with E-state index in [4.69, 9.17) is 4.74 Å². The van der Waals surface area contributed by atoms with Gasteiger partial charge in [-0.15, -0.1) is 0 Å². The summed E-state index contributed by atoms with van der Waals surface area (Å²) in [6, 6.07) is 9.71. The minimum absolute atomic E-state index is 0.0398. The minimum Gasteiger partial charge on any atom is -0.393 e. The standard InChI is InChI=1S/C15H18O3/c16-13(7-6-12-4-2-1-3-5-12)10-15-11-14(17)8-9-18-15/h1-7,14-15,17H,8-11H2/b7-6+. The molecule has 1 aliphatic heterocycles. The zero-order valence-electron chi connectivity index (χ0n) is 10.3. The third-order valence-electron chi connectivity index (χ3n) is 3.03. The van der Waals surface area contributed by atoms with Crippen LogP contribution in [0.4, 0.5) is 0 Å². The molecule has 0 saturated carbocycles. The summed E-state index contributed by atoms with van der Waals surface area (Å²) >= 11 is 0. The van der Waals surface area contributed by atoms with Crippen molar-refractivity contribution in [3.05, 3.63) is 42.0 Å². The first kappa shape index (κ1) is 13.0. The van der Waals surface area contributed by atoms with Gasteiger partial charge in [0, 0.05) is 19.4 Å². The first-order chi connectivity index (χ1) is 8.74. The van der Waals surface area contributed by atoms with E-state index in [1.54, 1.807) is 6.08 Å². The van der Waals surface area contributed by atoms with Crippen molar-refractivity contribution in [2.75, 3.05) is 6.61 Å². The molecule has 1 aliphatic rings. The number of allylic oxidation sites excluding steroid dienone is 1. The molecule has 2 atom stereocenters. The maximum Gasteiger partial charge on any atom is 0.158 e. The number of aliphatic hydroxyl groups excluding tert-OH is 1. The Hall–Kier alpha value is -1.45. The summed E-state index contributed by atoms with van der Waals surface area (Å²) in [5.41, 5.74) is 1.01. The van der Waals surface area contributed by atoms with Gasteiger partial charge in [-0.25, -0.2) is 0 Å². The fourth-order valence-corrected chi connectivity index (χ4v) is 2.05. The van der Waals surface area contributed by atoms with E-state index in [1.165, 1.54) is 0 Å². The van der Waals surface area contributed by atoms with E-state index >= 15 is 0 Å². The Morgan fingerprint density at radius 1 is 1.39 bits per heavy atom. The predicted octanol–water partition coefficient (Wildman–Crippen LogP) is 2.20. The molecule has 1 saturated heterocycles. The topological polar surface area (TPSA) is 46.5 Å². The van der Waals surface area contributed by atoms with E-state index in [0.717, 1.165) is 5.56 Å². The molecule has 1 aromatic rings. The number of hydrogen-bond acceptors (Lipinski definition) is 3. The third-order valence-corrected chi connectivity index (χ3v) is 3.03. The molecule has 3 nitrogen and oxygen atoms in total. The normalized spacial score (nSPS) is 24.3. The van der Waals surface area contributed by atoms with Crippen molar-refractivity contribution in [3.63, 3.8) is 0 Å². The van der Waals surface area contributed by atoms with Crippen molar-refractivity contribution in [2.45, 2.75) is 31.5 Å². The Morgan fingerprint density at radius 3 is 2.89 bits per heavy atom. The van der Waals surface area contributed by atoms with Crippen molar-refractivity contribution in [1.82, 2.24) is 0 Å². The molecule has 96 valence electrons. The van der Waals surface area contributed by atoms with Gasteiger partial charge in [0.2, 0.25) is 0 Å². The second-order valence-corrected chi connectivity index (χ2v) is 4.59. The van der Waals surface area contributed by atoms with Crippen LogP contribution in [0.5, 0.6) is 0 Å². The maximum absolute atomic E-state index is 11.7. The maximum atomic E-state index is 11.7. The molecule has 2 unspecified atom stereocenters. The fourth-order valence-electron chi connectivity index (χ4n) is 2.05. The molecule has 1 heterocycles. The number of carbonyl (C=O) groups is 1. The van der Waals surface area contributed by atoms with Crippen molar-refractivity contribution in [1.29, 1.82) is 0 Å². The van der Waals surface area contributed by atoms with Crippen LogP contribution in [0.2, 0.25) is 0 Å². The Kier molecular flexibility index (Phi) is 4.67. The van der Waals surface area contributed by atoms with Crippen LogP contribution in [0, 0.1) is 0 Å². The number of hydrogen-bond donors (Lipinski definition) is 1. The average Bonchev–Trinajstić information content (AvgIpc) is 2.38. The third kappa shape index (κ3) is 4.09. The summed E-state index contributed by atoms with van der Waals surface area (Å²) in [5.74, 6) is 0.0398. The first-order valence-electron chi connectivity index (χ1n) is 6.29. The summed E-state index contributed by atoms with van der Waals surface area (Å²) < 4.78 is 5.46. The summed E-state index contributed by atoms with van der Waals surface area (Å²) in [7, 11) is 0. The van der Waals surface area contributed by atoms with Gasteiger partial charge in [-0.2, -0.15) is 0 Å². The largest absolute Gasteiger partial charge is 0.393 e. The smallest absolute Gasteiger partial charge is 0.158 e. The molecular formula is C15H18O3. The number of carbonyl (C=O) groups excluding carboxylic acids is 1. The minimum atomic E-state index is -0.324. The quantitative estimate of drug-likeness (QED) is 0.828. The monoisotopic (exact) mass is 246 g/mol. The zero-order valence-corrected chi connectivity index (χ0v) is 10.3. The number of ether oxygens (including phenoxy) is 1. The lowest BCUT2D eigenvalue weighted by Gasteiger charge is -2.25. The molecule has 0 amide bonds.